The molecule has 202 valence electrons. The normalized spacial score (nSPS) is 51.8. The lowest BCUT2D eigenvalue weighted by Gasteiger charge is -2.63. The van der Waals surface area contributed by atoms with Crippen molar-refractivity contribution in [3.8, 4) is 0 Å². The fourth-order valence-electron chi connectivity index (χ4n) is 11.0. The Hall–Kier alpha value is -0.290. The maximum Gasteiger partial charge on any atom is 0.416 e. The summed E-state index contributed by atoms with van der Waals surface area (Å²) in [5.41, 5.74) is -2.51. The van der Waals surface area contributed by atoms with Crippen LogP contribution in [0.25, 0.3) is 0 Å². The van der Waals surface area contributed by atoms with E-state index >= 15 is 0 Å². The van der Waals surface area contributed by atoms with Gasteiger partial charge in [0.05, 0.1) is 5.60 Å². The number of hydrogen-bond donors (Lipinski definition) is 2. The first kappa shape index (κ1) is 26.3. The van der Waals surface area contributed by atoms with Crippen molar-refractivity contribution in [2.75, 3.05) is 0 Å². The molecular weight excluding hydrogens is 449 g/mol. The van der Waals surface area contributed by atoms with E-state index in [1.165, 1.54) is 38.5 Å². The van der Waals surface area contributed by atoms with Gasteiger partial charge >= 0.3 is 6.18 Å². The first-order valence-corrected chi connectivity index (χ1v) is 14.7. The van der Waals surface area contributed by atoms with Crippen LogP contribution in [-0.2, 0) is 0 Å². The molecule has 5 fully saturated rings. The Morgan fingerprint density at radius 2 is 1.57 bits per heavy atom. The Balaban J connectivity index is 1.35. The van der Waals surface area contributed by atoms with E-state index in [0.717, 1.165) is 50.4 Å². The van der Waals surface area contributed by atoms with Crippen LogP contribution in [0.5, 0.6) is 0 Å². The summed E-state index contributed by atoms with van der Waals surface area (Å²) < 4.78 is 40.0. The molecule has 0 aliphatic heterocycles. The van der Waals surface area contributed by atoms with Crippen molar-refractivity contribution in [3.63, 3.8) is 0 Å². The summed E-state index contributed by atoms with van der Waals surface area (Å²) in [7, 11) is 0. The van der Waals surface area contributed by atoms with Crippen molar-refractivity contribution < 1.29 is 23.4 Å². The second kappa shape index (κ2) is 8.35. The summed E-state index contributed by atoms with van der Waals surface area (Å²) >= 11 is 0. The molecule has 5 aliphatic rings. The van der Waals surface area contributed by atoms with Crippen molar-refractivity contribution in [1.29, 1.82) is 0 Å². The Morgan fingerprint density at radius 3 is 2.17 bits per heavy atom. The molecule has 5 aliphatic carbocycles. The van der Waals surface area contributed by atoms with Crippen molar-refractivity contribution in [2.24, 2.45) is 58.2 Å². The van der Waals surface area contributed by atoms with Crippen LogP contribution in [0, 0.1) is 58.2 Å². The molecule has 2 N–H and O–H groups in total. The molecule has 0 amide bonds. The topological polar surface area (TPSA) is 40.5 Å². The Bertz CT molecular complexity index is 810. The molecule has 2 nitrogen and oxygen atoms in total. The molecule has 12 atom stereocenters. The zero-order valence-corrected chi connectivity index (χ0v) is 22.6. The smallest absolute Gasteiger partial charge is 0.390 e. The third-order valence-electron chi connectivity index (χ3n) is 13.2. The van der Waals surface area contributed by atoms with E-state index in [-0.39, 0.29) is 17.8 Å². The van der Waals surface area contributed by atoms with Gasteiger partial charge in [-0.15, -0.1) is 0 Å². The molecule has 0 aromatic heterocycles. The number of hydrogen-bond acceptors (Lipinski definition) is 2. The Morgan fingerprint density at radius 1 is 0.914 bits per heavy atom. The zero-order chi connectivity index (χ0) is 25.6. The van der Waals surface area contributed by atoms with Gasteiger partial charge in [-0.05, 0) is 142 Å². The van der Waals surface area contributed by atoms with Gasteiger partial charge in [0.2, 0.25) is 0 Å². The molecule has 0 heterocycles. The minimum atomic E-state index is -4.57. The summed E-state index contributed by atoms with van der Waals surface area (Å²) in [5, 5.41) is 21.1. The van der Waals surface area contributed by atoms with E-state index in [0.29, 0.717) is 35.5 Å². The average molecular weight is 499 g/mol. The van der Waals surface area contributed by atoms with E-state index < -0.39 is 17.4 Å². The molecule has 0 saturated heterocycles. The highest BCUT2D eigenvalue weighted by Crippen LogP contribution is 2.74. The number of rotatable bonds is 5. The van der Waals surface area contributed by atoms with Crippen LogP contribution in [0.3, 0.4) is 0 Å². The summed E-state index contributed by atoms with van der Waals surface area (Å²) in [6, 6.07) is 0. The number of alkyl halides is 3. The maximum atomic E-state index is 13.3. The van der Waals surface area contributed by atoms with Gasteiger partial charge in [-0.25, -0.2) is 0 Å². The summed E-state index contributed by atoms with van der Waals surface area (Å²) in [5.74, 6) is 4.93. The summed E-state index contributed by atoms with van der Waals surface area (Å²) in [4.78, 5) is 0. The number of halogens is 3. The van der Waals surface area contributed by atoms with Crippen molar-refractivity contribution in [2.45, 2.75) is 129 Å². The molecule has 5 saturated carbocycles. The van der Waals surface area contributed by atoms with Gasteiger partial charge in [0.15, 0.2) is 5.60 Å². The van der Waals surface area contributed by atoms with E-state index in [1.807, 2.05) is 0 Å². The highest BCUT2D eigenvalue weighted by Gasteiger charge is 2.68. The fraction of sp³-hybridized carbons (Fsp3) is 1.00. The predicted octanol–water partition coefficient (Wildman–Crippen LogP) is 7.76. The molecule has 0 bridgehead atoms. The van der Waals surface area contributed by atoms with Gasteiger partial charge in [-0.3, -0.25) is 0 Å². The number of aliphatic hydroxyl groups is 2. The van der Waals surface area contributed by atoms with E-state index in [9.17, 15) is 23.4 Å². The minimum Gasteiger partial charge on any atom is -0.390 e. The van der Waals surface area contributed by atoms with Crippen molar-refractivity contribution in [3.05, 3.63) is 0 Å². The van der Waals surface area contributed by atoms with Crippen LogP contribution in [-0.4, -0.2) is 27.6 Å². The predicted molar refractivity (Wildman–Crippen MR) is 133 cm³/mol. The molecule has 0 unspecified atom stereocenters. The lowest BCUT2D eigenvalue weighted by Crippen LogP contribution is -2.56. The maximum absolute atomic E-state index is 13.3. The summed E-state index contributed by atoms with van der Waals surface area (Å²) in [6.07, 6.45) is 7.10. The molecule has 0 aromatic rings. The van der Waals surface area contributed by atoms with Gasteiger partial charge < -0.3 is 10.2 Å². The molecule has 0 spiro atoms. The first-order chi connectivity index (χ1) is 16.2. The molecule has 35 heavy (non-hydrogen) atoms. The second-order valence-corrected chi connectivity index (χ2v) is 14.6. The van der Waals surface area contributed by atoms with Crippen LogP contribution < -0.4 is 0 Å². The highest BCUT2D eigenvalue weighted by molar-refractivity contribution is 5.16. The van der Waals surface area contributed by atoms with Gasteiger partial charge in [0.1, 0.15) is 0 Å². The average Bonchev–Trinajstić information content (AvgIpc) is 2.94. The highest BCUT2D eigenvalue weighted by atomic mass is 19.4. The molecule has 0 radical (unpaired) electrons. The van der Waals surface area contributed by atoms with Crippen LogP contribution in [0.15, 0.2) is 0 Å². The Labute approximate surface area is 210 Å². The van der Waals surface area contributed by atoms with Crippen LogP contribution in [0.2, 0.25) is 0 Å². The monoisotopic (exact) mass is 498 g/mol. The quantitative estimate of drug-likeness (QED) is 0.407. The van der Waals surface area contributed by atoms with Gasteiger partial charge in [0.25, 0.3) is 0 Å². The lowest BCUT2D eigenvalue weighted by atomic mass is 9.43. The lowest BCUT2D eigenvalue weighted by molar-refractivity contribution is -0.256. The third kappa shape index (κ3) is 3.86. The third-order valence-corrected chi connectivity index (χ3v) is 13.2. The number of fused-ring (bicyclic) bond motifs is 7. The van der Waals surface area contributed by atoms with Crippen LogP contribution in [0.1, 0.15) is 112 Å². The van der Waals surface area contributed by atoms with Gasteiger partial charge in [0, 0.05) is 0 Å². The molecule has 5 rings (SSSR count). The SMILES string of the molecule is CC[C@]1(O)CC[C@@]2(C)[C@@H](CC[C@H]3[C@@H]4[C@H]5CC[C@H]5[C@H]([C@H](C)CC[C@](C)(O)C(F)(F)F)[C@@]4(C)CC[C@@H]32)C1. The van der Waals surface area contributed by atoms with Crippen LogP contribution >= 0.6 is 0 Å². The summed E-state index contributed by atoms with van der Waals surface area (Å²) in [6.45, 7) is 10.3. The molecule has 0 aromatic carbocycles. The van der Waals surface area contributed by atoms with E-state index in [2.05, 4.69) is 27.7 Å². The first-order valence-electron chi connectivity index (χ1n) is 14.7. The zero-order valence-electron chi connectivity index (χ0n) is 22.6. The molecule has 5 heteroatoms. The molecular formula is C30H49F3O2. The van der Waals surface area contributed by atoms with Crippen molar-refractivity contribution in [1.82, 2.24) is 0 Å². The van der Waals surface area contributed by atoms with Crippen molar-refractivity contribution >= 4 is 0 Å². The van der Waals surface area contributed by atoms with Gasteiger partial charge in [-0.2, -0.15) is 13.2 Å². The largest absolute Gasteiger partial charge is 0.416 e. The van der Waals surface area contributed by atoms with E-state index in [4.69, 9.17) is 0 Å². The fourth-order valence-corrected chi connectivity index (χ4v) is 11.0. The van der Waals surface area contributed by atoms with Gasteiger partial charge in [-0.1, -0.05) is 27.7 Å². The standard InChI is InChI=1S/C30H49F3O2/c1-6-29(35)16-15-26(3)19(17-29)7-8-22-23(26)12-13-27(4)24(20-9-10-21(20)25(22)27)18(2)11-14-28(5,34)30(31,32)33/h18-25,34-35H,6-17H2,1-5H3/t18-,19+,20-,21+,22-,23+,24+,25+,26+,27-,28+,29+/m1/s1. The van der Waals surface area contributed by atoms with Crippen LogP contribution in [0.4, 0.5) is 13.2 Å². The minimum absolute atomic E-state index is 0.196. The Kier molecular flexibility index (Phi) is 6.28. The van der Waals surface area contributed by atoms with E-state index in [1.54, 1.807) is 0 Å². The second-order valence-electron chi connectivity index (χ2n) is 14.6.